The molecule has 0 bridgehead atoms. The molecule has 0 aromatic carbocycles. The molecule has 0 fully saturated rings. The lowest BCUT2D eigenvalue weighted by atomic mass is 10.1. The van der Waals surface area contributed by atoms with Crippen molar-refractivity contribution in [1.82, 2.24) is 0 Å². The molecule has 0 aromatic rings. The molecule has 0 aliphatic heterocycles. The summed E-state index contributed by atoms with van der Waals surface area (Å²) in [6.45, 7) is 3.48. The van der Waals surface area contributed by atoms with Gasteiger partial charge in [0.2, 0.25) is 0 Å². The van der Waals surface area contributed by atoms with Crippen LogP contribution in [0.15, 0.2) is 12.2 Å². The van der Waals surface area contributed by atoms with Gasteiger partial charge in [0.05, 0.1) is 0 Å². The van der Waals surface area contributed by atoms with E-state index in [0.717, 1.165) is 18.2 Å². The van der Waals surface area contributed by atoms with Crippen LogP contribution >= 0.6 is 15.9 Å². The molecule has 0 amide bonds. The van der Waals surface area contributed by atoms with Gasteiger partial charge in [0.15, 0.2) is 0 Å². The molecule has 0 saturated heterocycles. The first-order chi connectivity index (χ1) is 6.18. The fourth-order valence-corrected chi connectivity index (χ4v) is 1.47. The normalized spacial score (nSPS) is 9.92. The number of carboxylic acid groups (broad SMARTS) is 1. The molecular formula is C10H17BrO2. The average molecular weight is 249 g/mol. The SMILES string of the molecule is C=C(CCCCCCCBr)C(=O)O. The summed E-state index contributed by atoms with van der Waals surface area (Å²) in [5.41, 5.74) is 0.334. The number of alkyl halides is 1. The predicted octanol–water partition coefficient (Wildman–Crippen LogP) is 3.36. The summed E-state index contributed by atoms with van der Waals surface area (Å²) >= 11 is 3.37. The minimum absolute atomic E-state index is 0.334. The topological polar surface area (TPSA) is 37.3 Å². The summed E-state index contributed by atoms with van der Waals surface area (Å²) in [6.07, 6.45) is 6.32. The second kappa shape index (κ2) is 8.30. The molecule has 76 valence electrons. The van der Waals surface area contributed by atoms with Crippen molar-refractivity contribution in [2.75, 3.05) is 5.33 Å². The lowest BCUT2D eigenvalue weighted by molar-refractivity contribution is -0.132. The van der Waals surface area contributed by atoms with Crippen LogP contribution in [0.2, 0.25) is 0 Å². The molecule has 0 saturated carbocycles. The number of halogens is 1. The fraction of sp³-hybridized carbons (Fsp3) is 0.700. The number of rotatable bonds is 8. The summed E-state index contributed by atoms with van der Waals surface area (Å²) in [5, 5.41) is 9.58. The molecule has 0 unspecified atom stereocenters. The first kappa shape index (κ1) is 12.7. The van der Waals surface area contributed by atoms with Gasteiger partial charge in [-0.1, -0.05) is 41.8 Å². The Kier molecular flexibility index (Phi) is 8.10. The van der Waals surface area contributed by atoms with Crippen LogP contribution in [0.3, 0.4) is 0 Å². The second-order valence-corrected chi connectivity index (χ2v) is 3.91. The van der Waals surface area contributed by atoms with Gasteiger partial charge in [-0.25, -0.2) is 4.79 Å². The largest absolute Gasteiger partial charge is 0.478 e. The Morgan fingerprint density at radius 3 is 2.23 bits per heavy atom. The predicted molar refractivity (Wildman–Crippen MR) is 58.3 cm³/mol. The number of hydrogen-bond donors (Lipinski definition) is 1. The highest BCUT2D eigenvalue weighted by atomic mass is 79.9. The van der Waals surface area contributed by atoms with Crippen LogP contribution in [0.5, 0.6) is 0 Å². The maximum atomic E-state index is 10.4. The molecule has 13 heavy (non-hydrogen) atoms. The molecule has 0 aromatic heterocycles. The molecule has 0 aliphatic rings. The summed E-state index contributed by atoms with van der Waals surface area (Å²) < 4.78 is 0. The van der Waals surface area contributed by atoms with Gasteiger partial charge in [-0.15, -0.1) is 0 Å². The van der Waals surface area contributed by atoms with Gasteiger partial charge in [-0.2, -0.15) is 0 Å². The van der Waals surface area contributed by atoms with Gasteiger partial charge in [0.1, 0.15) is 0 Å². The molecule has 0 atom stereocenters. The summed E-state index contributed by atoms with van der Waals surface area (Å²) in [4.78, 5) is 10.4. The third-order valence-corrected chi connectivity index (χ3v) is 2.48. The van der Waals surface area contributed by atoms with Crippen molar-refractivity contribution >= 4 is 21.9 Å². The minimum atomic E-state index is -0.861. The number of carboxylic acids is 1. The Morgan fingerprint density at radius 2 is 1.69 bits per heavy atom. The highest BCUT2D eigenvalue weighted by molar-refractivity contribution is 9.09. The Bertz CT molecular complexity index is 166. The van der Waals surface area contributed by atoms with Gasteiger partial charge >= 0.3 is 5.97 Å². The van der Waals surface area contributed by atoms with Crippen LogP contribution < -0.4 is 0 Å². The van der Waals surface area contributed by atoms with Crippen molar-refractivity contribution in [2.24, 2.45) is 0 Å². The van der Waals surface area contributed by atoms with E-state index in [4.69, 9.17) is 5.11 Å². The Labute approximate surface area is 88.2 Å². The molecule has 0 heterocycles. The summed E-state index contributed by atoms with van der Waals surface area (Å²) in [7, 11) is 0. The first-order valence-electron chi connectivity index (χ1n) is 4.65. The van der Waals surface area contributed by atoms with Crippen LogP contribution in [0.4, 0.5) is 0 Å². The lowest BCUT2D eigenvalue weighted by Gasteiger charge is -2.00. The zero-order chi connectivity index (χ0) is 10.1. The van der Waals surface area contributed by atoms with Crippen molar-refractivity contribution < 1.29 is 9.90 Å². The van der Waals surface area contributed by atoms with Crippen LogP contribution in [0.25, 0.3) is 0 Å². The average Bonchev–Trinajstić information content (AvgIpc) is 2.10. The van der Waals surface area contributed by atoms with Crippen molar-refractivity contribution in [3.8, 4) is 0 Å². The van der Waals surface area contributed by atoms with E-state index in [1.807, 2.05) is 0 Å². The summed E-state index contributed by atoms with van der Waals surface area (Å²) in [6, 6.07) is 0. The standard InChI is InChI=1S/C10H17BrO2/c1-9(10(12)13)7-5-3-2-4-6-8-11/h1-8H2,(H,12,13). The van der Waals surface area contributed by atoms with E-state index in [-0.39, 0.29) is 0 Å². The fourth-order valence-electron chi connectivity index (χ4n) is 1.07. The number of unbranched alkanes of at least 4 members (excludes halogenated alkanes) is 4. The second-order valence-electron chi connectivity index (χ2n) is 3.12. The van der Waals surface area contributed by atoms with Crippen molar-refractivity contribution in [1.29, 1.82) is 0 Å². The molecule has 0 aliphatic carbocycles. The third kappa shape index (κ3) is 8.03. The quantitative estimate of drug-likeness (QED) is 0.407. The van der Waals surface area contributed by atoms with Crippen molar-refractivity contribution in [3.63, 3.8) is 0 Å². The van der Waals surface area contributed by atoms with Gasteiger partial charge < -0.3 is 5.11 Å². The van der Waals surface area contributed by atoms with Crippen LogP contribution in [0, 0.1) is 0 Å². The smallest absolute Gasteiger partial charge is 0.330 e. The maximum absolute atomic E-state index is 10.4. The molecule has 0 radical (unpaired) electrons. The highest BCUT2D eigenvalue weighted by Gasteiger charge is 2.02. The number of aliphatic carboxylic acids is 1. The van der Waals surface area contributed by atoms with Gasteiger partial charge in [0, 0.05) is 10.9 Å². The Hall–Kier alpha value is -0.310. The Morgan fingerprint density at radius 1 is 1.15 bits per heavy atom. The maximum Gasteiger partial charge on any atom is 0.330 e. The molecular weight excluding hydrogens is 232 g/mol. The van der Waals surface area contributed by atoms with E-state index in [1.165, 1.54) is 19.3 Å². The van der Waals surface area contributed by atoms with Gasteiger partial charge in [-0.3, -0.25) is 0 Å². The van der Waals surface area contributed by atoms with Gasteiger partial charge in [0.25, 0.3) is 0 Å². The van der Waals surface area contributed by atoms with Crippen molar-refractivity contribution in [3.05, 3.63) is 12.2 Å². The van der Waals surface area contributed by atoms with E-state index in [9.17, 15) is 4.79 Å². The van der Waals surface area contributed by atoms with E-state index < -0.39 is 5.97 Å². The van der Waals surface area contributed by atoms with E-state index in [2.05, 4.69) is 22.5 Å². The minimum Gasteiger partial charge on any atom is -0.478 e. The zero-order valence-corrected chi connectivity index (χ0v) is 9.48. The van der Waals surface area contributed by atoms with Crippen LogP contribution in [-0.4, -0.2) is 16.4 Å². The molecule has 0 rings (SSSR count). The van der Waals surface area contributed by atoms with Crippen molar-refractivity contribution in [2.45, 2.75) is 38.5 Å². The third-order valence-electron chi connectivity index (χ3n) is 1.91. The van der Waals surface area contributed by atoms with Gasteiger partial charge in [-0.05, 0) is 19.3 Å². The molecule has 3 heteroatoms. The number of carbonyl (C=O) groups is 1. The molecule has 1 N–H and O–H groups in total. The first-order valence-corrected chi connectivity index (χ1v) is 5.77. The highest BCUT2D eigenvalue weighted by Crippen LogP contribution is 2.10. The molecule has 2 nitrogen and oxygen atoms in total. The number of hydrogen-bond acceptors (Lipinski definition) is 1. The van der Waals surface area contributed by atoms with Crippen LogP contribution in [-0.2, 0) is 4.79 Å². The summed E-state index contributed by atoms with van der Waals surface area (Å²) in [5.74, 6) is -0.861. The zero-order valence-electron chi connectivity index (χ0n) is 7.89. The Balaban J connectivity index is 3.16. The monoisotopic (exact) mass is 248 g/mol. The van der Waals surface area contributed by atoms with E-state index >= 15 is 0 Å². The van der Waals surface area contributed by atoms with E-state index in [1.54, 1.807) is 0 Å². The van der Waals surface area contributed by atoms with Crippen LogP contribution in [0.1, 0.15) is 38.5 Å². The molecule has 0 spiro atoms. The van der Waals surface area contributed by atoms with E-state index in [0.29, 0.717) is 12.0 Å². The lowest BCUT2D eigenvalue weighted by Crippen LogP contribution is -1.98.